The first kappa shape index (κ1) is 32.4. The Morgan fingerprint density at radius 2 is 1.07 bits per heavy atom. The highest BCUT2D eigenvalue weighted by molar-refractivity contribution is 5.39. The Balaban J connectivity index is 0.000000171. The van der Waals surface area contributed by atoms with E-state index in [-0.39, 0.29) is 0 Å². The molecule has 0 aromatic heterocycles. The van der Waals surface area contributed by atoms with Crippen molar-refractivity contribution in [3.05, 3.63) is 63.7 Å². The fraction of sp³-hybridized carbons (Fsp3) is 0.684. The third-order valence-electron chi connectivity index (χ3n) is 11.7. The largest absolute Gasteiger partial charge is 0.505 e. The van der Waals surface area contributed by atoms with E-state index in [4.69, 9.17) is 0 Å². The third-order valence-corrected chi connectivity index (χ3v) is 11.7. The van der Waals surface area contributed by atoms with Crippen LogP contribution in [0.2, 0.25) is 0 Å². The van der Waals surface area contributed by atoms with Crippen LogP contribution in [0, 0.1) is 58.8 Å². The summed E-state index contributed by atoms with van der Waals surface area (Å²) >= 11 is 0. The zero-order valence-electron chi connectivity index (χ0n) is 26.4. The molecule has 4 aliphatic rings. The maximum absolute atomic E-state index is 14.1. The summed E-state index contributed by atoms with van der Waals surface area (Å²) in [6.45, 7) is 4.51. The number of aryl methyl sites for hydroxylation is 2. The maximum Gasteiger partial charge on any atom is 0.200 e. The summed E-state index contributed by atoms with van der Waals surface area (Å²) in [4.78, 5) is 0. The van der Waals surface area contributed by atoms with E-state index in [2.05, 4.69) is 13.8 Å². The molecule has 2 atom stereocenters. The smallest absolute Gasteiger partial charge is 0.200 e. The molecule has 2 aromatic rings. The predicted octanol–water partition coefficient (Wildman–Crippen LogP) is 11.1. The predicted molar refractivity (Wildman–Crippen MR) is 166 cm³/mol. The molecule has 0 aliphatic heterocycles. The van der Waals surface area contributed by atoms with E-state index >= 15 is 0 Å². The number of halogens is 4. The molecular weight excluding hydrogens is 548 g/mol. The van der Waals surface area contributed by atoms with Crippen molar-refractivity contribution < 1.29 is 22.7 Å². The summed E-state index contributed by atoms with van der Waals surface area (Å²) in [6, 6.07) is 4.48. The summed E-state index contributed by atoms with van der Waals surface area (Å²) in [5.74, 6) is 0.522. The van der Waals surface area contributed by atoms with E-state index in [1.54, 1.807) is 6.07 Å². The van der Waals surface area contributed by atoms with Crippen molar-refractivity contribution in [2.24, 2.45) is 35.5 Å². The van der Waals surface area contributed by atoms with Crippen LogP contribution in [-0.2, 0) is 25.7 Å². The van der Waals surface area contributed by atoms with Gasteiger partial charge < -0.3 is 5.11 Å². The molecular formula is C38H52F4O. The van der Waals surface area contributed by atoms with Crippen LogP contribution in [0.1, 0.15) is 126 Å². The van der Waals surface area contributed by atoms with Crippen molar-refractivity contribution in [2.45, 2.75) is 129 Å². The van der Waals surface area contributed by atoms with Crippen molar-refractivity contribution >= 4 is 0 Å². The molecule has 6 rings (SSSR count). The summed E-state index contributed by atoms with van der Waals surface area (Å²) in [6.07, 6.45) is 20.9. The lowest BCUT2D eigenvalue weighted by molar-refractivity contribution is 0.182. The van der Waals surface area contributed by atoms with Gasteiger partial charge in [0.05, 0.1) is 0 Å². The average Bonchev–Trinajstić information content (AvgIpc) is 3.03. The van der Waals surface area contributed by atoms with Crippen LogP contribution in [0.4, 0.5) is 17.6 Å². The number of hydrogen-bond donors (Lipinski definition) is 1. The van der Waals surface area contributed by atoms with Gasteiger partial charge in [0, 0.05) is 0 Å². The zero-order chi connectivity index (χ0) is 30.5. The summed E-state index contributed by atoms with van der Waals surface area (Å²) in [5.41, 5.74) is 3.02. The Labute approximate surface area is 256 Å². The van der Waals surface area contributed by atoms with Gasteiger partial charge in [0.15, 0.2) is 23.2 Å². The number of aromatic hydroxyl groups is 1. The van der Waals surface area contributed by atoms with Crippen LogP contribution in [0.3, 0.4) is 0 Å². The van der Waals surface area contributed by atoms with Gasteiger partial charge in [0.2, 0.25) is 5.82 Å². The first-order valence-electron chi connectivity index (χ1n) is 17.4. The second kappa shape index (κ2) is 14.8. The Kier molecular flexibility index (Phi) is 11.2. The van der Waals surface area contributed by atoms with Gasteiger partial charge in [-0.1, -0.05) is 71.3 Å². The minimum absolute atomic E-state index is 0.480. The zero-order valence-corrected chi connectivity index (χ0v) is 26.4. The molecule has 1 nitrogen and oxygen atoms in total. The van der Waals surface area contributed by atoms with Crippen molar-refractivity contribution in [1.82, 2.24) is 0 Å². The van der Waals surface area contributed by atoms with Gasteiger partial charge in [0.1, 0.15) is 0 Å². The van der Waals surface area contributed by atoms with Gasteiger partial charge in [-0.25, -0.2) is 13.2 Å². The van der Waals surface area contributed by atoms with Crippen LogP contribution >= 0.6 is 0 Å². The van der Waals surface area contributed by atoms with Crippen LogP contribution in [0.25, 0.3) is 0 Å². The van der Waals surface area contributed by atoms with Crippen molar-refractivity contribution in [3.63, 3.8) is 0 Å². The molecule has 0 saturated heterocycles. The highest BCUT2D eigenvalue weighted by Crippen LogP contribution is 2.43. The molecule has 238 valence electrons. The molecule has 4 aliphatic carbocycles. The molecule has 2 fully saturated rings. The second-order valence-corrected chi connectivity index (χ2v) is 14.3. The van der Waals surface area contributed by atoms with E-state index in [1.807, 2.05) is 0 Å². The highest BCUT2D eigenvalue weighted by atomic mass is 19.2. The minimum Gasteiger partial charge on any atom is -0.505 e. The molecule has 0 spiro atoms. The fourth-order valence-corrected chi connectivity index (χ4v) is 9.16. The first-order valence-corrected chi connectivity index (χ1v) is 17.4. The average molecular weight is 601 g/mol. The quantitative estimate of drug-likeness (QED) is 0.327. The molecule has 0 radical (unpaired) electrons. The Hall–Kier alpha value is -2.04. The molecule has 2 unspecified atom stereocenters. The standard InChI is InChI=1S/C19H26F2O.C19H26F2/c1-2-3-12-4-6-13(7-5-12)14-8-9-15-11-17(22)19(21)18(20)16(15)10-14;1-2-3-13-4-6-14(7-5-13)16-9-8-15-10-11-18(20)19(21)17(15)12-16/h11-14,22H,2-10H2,1H3;10-11,13-14,16H,2-9,12H2,1H3. The fourth-order valence-electron chi connectivity index (χ4n) is 9.16. The van der Waals surface area contributed by atoms with Gasteiger partial charge in [-0.3, -0.25) is 0 Å². The van der Waals surface area contributed by atoms with Crippen LogP contribution in [0.5, 0.6) is 5.75 Å². The van der Waals surface area contributed by atoms with E-state index < -0.39 is 29.0 Å². The van der Waals surface area contributed by atoms with E-state index in [9.17, 15) is 22.7 Å². The van der Waals surface area contributed by atoms with Gasteiger partial charge in [-0.05, 0) is 134 Å². The lowest BCUT2D eigenvalue weighted by atomic mass is 9.69. The Bertz CT molecular complexity index is 1210. The normalized spacial score (nSPS) is 28.8. The van der Waals surface area contributed by atoms with Crippen molar-refractivity contribution in [3.8, 4) is 5.75 Å². The van der Waals surface area contributed by atoms with Gasteiger partial charge in [-0.15, -0.1) is 0 Å². The number of phenols is 1. The molecule has 2 aromatic carbocycles. The SMILES string of the molecule is CCCC1CCC(C2CCc3cc(O)c(F)c(F)c3C2)CC1.CCCC1CCC(C2CCc3ccc(F)c(F)c3C2)CC1. The van der Waals surface area contributed by atoms with Crippen molar-refractivity contribution in [2.75, 3.05) is 0 Å². The molecule has 1 N–H and O–H groups in total. The Morgan fingerprint density at radius 1 is 0.581 bits per heavy atom. The van der Waals surface area contributed by atoms with Gasteiger partial charge >= 0.3 is 0 Å². The van der Waals surface area contributed by atoms with Crippen LogP contribution in [0.15, 0.2) is 18.2 Å². The number of phenolic OH excluding ortho intramolecular Hbond substituents is 1. The van der Waals surface area contributed by atoms with Gasteiger partial charge in [0.25, 0.3) is 0 Å². The third kappa shape index (κ3) is 7.61. The Morgan fingerprint density at radius 3 is 1.58 bits per heavy atom. The lowest BCUT2D eigenvalue weighted by Crippen LogP contribution is -2.27. The van der Waals surface area contributed by atoms with Crippen LogP contribution < -0.4 is 0 Å². The number of rotatable bonds is 6. The summed E-state index contributed by atoms with van der Waals surface area (Å²) in [7, 11) is 0. The molecule has 0 amide bonds. The van der Waals surface area contributed by atoms with E-state index in [0.29, 0.717) is 35.3 Å². The highest BCUT2D eigenvalue weighted by Gasteiger charge is 2.33. The monoisotopic (exact) mass is 600 g/mol. The van der Waals surface area contributed by atoms with Gasteiger partial charge in [-0.2, -0.15) is 4.39 Å². The van der Waals surface area contributed by atoms with E-state index in [1.165, 1.54) is 89.2 Å². The van der Waals surface area contributed by atoms with E-state index in [0.717, 1.165) is 61.0 Å². The number of hydrogen-bond acceptors (Lipinski definition) is 1. The topological polar surface area (TPSA) is 20.2 Å². The summed E-state index contributed by atoms with van der Waals surface area (Å²) < 4.78 is 55.2. The van der Waals surface area contributed by atoms with Crippen molar-refractivity contribution in [1.29, 1.82) is 0 Å². The number of fused-ring (bicyclic) bond motifs is 2. The summed E-state index contributed by atoms with van der Waals surface area (Å²) in [5, 5.41) is 9.44. The molecule has 0 heterocycles. The lowest BCUT2D eigenvalue weighted by Gasteiger charge is -2.36. The second-order valence-electron chi connectivity index (χ2n) is 14.3. The minimum atomic E-state index is -1.08. The first-order chi connectivity index (χ1) is 20.8. The molecule has 0 bridgehead atoms. The maximum atomic E-state index is 14.1. The van der Waals surface area contributed by atoms with Crippen LogP contribution in [-0.4, -0.2) is 5.11 Å². The molecule has 5 heteroatoms. The number of benzene rings is 2. The molecule has 43 heavy (non-hydrogen) atoms. The molecule has 2 saturated carbocycles.